The summed E-state index contributed by atoms with van der Waals surface area (Å²) in [5.41, 5.74) is 0. The molecule has 1 saturated heterocycles. The van der Waals surface area contributed by atoms with Crippen molar-refractivity contribution in [3.8, 4) is 0 Å². The first kappa shape index (κ1) is 14.0. The van der Waals surface area contributed by atoms with Gasteiger partial charge in [-0.05, 0) is 31.1 Å². The zero-order chi connectivity index (χ0) is 12.8. The summed E-state index contributed by atoms with van der Waals surface area (Å²) in [6.45, 7) is 5.92. The van der Waals surface area contributed by atoms with Gasteiger partial charge in [0, 0.05) is 25.9 Å². The fourth-order valence-corrected chi connectivity index (χ4v) is 2.38. The van der Waals surface area contributed by atoms with Crippen LogP contribution in [0.4, 0.5) is 0 Å². The molecule has 0 saturated carbocycles. The van der Waals surface area contributed by atoms with Crippen molar-refractivity contribution in [2.45, 2.75) is 46.0 Å². The number of carbonyl (C=O) groups is 2. The lowest BCUT2D eigenvalue weighted by Gasteiger charge is -2.23. The lowest BCUT2D eigenvalue weighted by molar-refractivity contribution is -0.137. The third-order valence-corrected chi connectivity index (χ3v) is 3.61. The molecular weight excluding hydrogens is 218 g/mol. The van der Waals surface area contributed by atoms with Gasteiger partial charge in [0.2, 0.25) is 5.91 Å². The maximum atomic E-state index is 11.5. The Bertz CT molecular complexity index is 276. The van der Waals surface area contributed by atoms with E-state index < -0.39 is 5.97 Å². The standard InChI is InChI=1S/C13H23NO3/c1-10(2)11(5-6-13(16)17)7-9-14-8-3-4-12(14)15/h10-11H,3-9H2,1-2H3,(H,16,17). The molecule has 0 aliphatic carbocycles. The predicted molar refractivity (Wildman–Crippen MR) is 65.6 cm³/mol. The van der Waals surface area contributed by atoms with E-state index in [1.165, 1.54) is 0 Å². The van der Waals surface area contributed by atoms with Crippen LogP contribution < -0.4 is 0 Å². The van der Waals surface area contributed by atoms with Crippen molar-refractivity contribution in [2.75, 3.05) is 13.1 Å². The number of carboxylic acids is 1. The Balaban J connectivity index is 2.33. The molecule has 0 aromatic rings. The van der Waals surface area contributed by atoms with E-state index in [2.05, 4.69) is 13.8 Å². The Hall–Kier alpha value is -1.06. The molecular formula is C13H23NO3. The van der Waals surface area contributed by atoms with Crippen LogP contribution >= 0.6 is 0 Å². The van der Waals surface area contributed by atoms with E-state index in [1.807, 2.05) is 4.90 Å². The Labute approximate surface area is 103 Å². The zero-order valence-electron chi connectivity index (χ0n) is 10.8. The number of amides is 1. The fraction of sp³-hybridized carbons (Fsp3) is 0.846. The summed E-state index contributed by atoms with van der Waals surface area (Å²) in [5.74, 6) is 0.408. The van der Waals surface area contributed by atoms with Crippen molar-refractivity contribution in [1.29, 1.82) is 0 Å². The molecule has 1 aliphatic heterocycles. The Morgan fingerprint density at radius 3 is 2.59 bits per heavy atom. The first-order valence-electron chi connectivity index (χ1n) is 6.50. The number of likely N-dealkylation sites (tertiary alicyclic amines) is 1. The highest BCUT2D eigenvalue weighted by Crippen LogP contribution is 2.22. The Kier molecular flexibility index (Phi) is 5.45. The molecule has 0 radical (unpaired) electrons. The van der Waals surface area contributed by atoms with E-state index in [0.717, 1.165) is 32.4 Å². The second kappa shape index (κ2) is 6.62. The van der Waals surface area contributed by atoms with Crippen molar-refractivity contribution >= 4 is 11.9 Å². The van der Waals surface area contributed by atoms with Crippen molar-refractivity contribution < 1.29 is 14.7 Å². The number of aliphatic carboxylic acids is 1. The molecule has 1 rings (SSSR count). The summed E-state index contributed by atoms with van der Waals surface area (Å²) in [5, 5.41) is 8.70. The van der Waals surface area contributed by atoms with Crippen LogP contribution in [0.5, 0.6) is 0 Å². The van der Waals surface area contributed by atoms with Crippen molar-refractivity contribution in [1.82, 2.24) is 4.90 Å². The molecule has 1 atom stereocenters. The number of nitrogens with zero attached hydrogens (tertiary/aromatic N) is 1. The molecule has 0 aromatic heterocycles. The van der Waals surface area contributed by atoms with E-state index in [4.69, 9.17) is 5.11 Å². The largest absolute Gasteiger partial charge is 0.481 e. The van der Waals surface area contributed by atoms with Crippen LogP contribution in [0, 0.1) is 11.8 Å². The van der Waals surface area contributed by atoms with Gasteiger partial charge in [-0.15, -0.1) is 0 Å². The molecule has 17 heavy (non-hydrogen) atoms. The van der Waals surface area contributed by atoms with Gasteiger partial charge in [0.25, 0.3) is 0 Å². The first-order chi connectivity index (χ1) is 8.00. The molecule has 1 aliphatic rings. The lowest BCUT2D eigenvalue weighted by Crippen LogP contribution is -2.28. The van der Waals surface area contributed by atoms with Gasteiger partial charge in [0.15, 0.2) is 0 Å². The van der Waals surface area contributed by atoms with E-state index in [-0.39, 0.29) is 12.3 Å². The highest BCUT2D eigenvalue weighted by molar-refractivity contribution is 5.78. The van der Waals surface area contributed by atoms with Crippen LogP contribution in [0.2, 0.25) is 0 Å². The van der Waals surface area contributed by atoms with Gasteiger partial charge in [-0.3, -0.25) is 9.59 Å². The van der Waals surface area contributed by atoms with Gasteiger partial charge in [-0.2, -0.15) is 0 Å². The SMILES string of the molecule is CC(C)C(CCC(=O)O)CCN1CCCC1=O. The minimum absolute atomic E-state index is 0.233. The summed E-state index contributed by atoms with van der Waals surface area (Å²) >= 11 is 0. The molecule has 1 fully saturated rings. The second-order valence-corrected chi connectivity index (χ2v) is 5.21. The number of carboxylic acid groups (broad SMARTS) is 1. The third kappa shape index (κ3) is 4.75. The van der Waals surface area contributed by atoms with Gasteiger partial charge in [-0.25, -0.2) is 0 Å². The maximum absolute atomic E-state index is 11.5. The molecule has 1 unspecified atom stereocenters. The van der Waals surface area contributed by atoms with Crippen LogP contribution in [0.1, 0.15) is 46.0 Å². The van der Waals surface area contributed by atoms with Crippen molar-refractivity contribution in [3.05, 3.63) is 0 Å². The smallest absolute Gasteiger partial charge is 0.303 e. The number of hydrogen-bond acceptors (Lipinski definition) is 2. The maximum Gasteiger partial charge on any atom is 0.303 e. The quantitative estimate of drug-likeness (QED) is 0.743. The first-order valence-corrected chi connectivity index (χ1v) is 6.50. The molecule has 0 bridgehead atoms. The van der Waals surface area contributed by atoms with Crippen LogP contribution in [-0.2, 0) is 9.59 Å². The third-order valence-electron chi connectivity index (χ3n) is 3.61. The summed E-state index contributed by atoms with van der Waals surface area (Å²) in [6, 6.07) is 0. The molecule has 1 heterocycles. The Morgan fingerprint density at radius 2 is 2.12 bits per heavy atom. The highest BCUT2D eigenvalue weighted by Gasteiger charge is 2.22. The average molecular weight is 241 g/mol. The van der Waals surface area contributed by atoms with Gasteiger partial charge in [0.05, 0.1) is 0 Å². The predicted octanol–water partition coefficient (Wildman–Crippen LogP) is 2.14. The molecule has 0 aromatic carbocycles. The van der Waals surface area contributed by atoms with Crippen LogP contribution in [0.15, 0.2) is 0 Å². The van der Waals surface area contributed by atoms with E-state index in [1.54, 1.807) is 0 Å². The van der Waals surface area contributed by atoms with E-state index >= 15 is 0 Å². The van der Waals surface area contributed by atoms with Gasteiger partial charge in [0.1, 0.15) is 0 Å². The molecule has 1 N–H and O–H groups in total. The molecule has 1 amide bonds. The molecule has 0 spiro atoms. The van der Waals surface area contributed by atoms with Crippen LogP contribution in [0.3, 0.4) is 0 Å². The topological polar surface area (TPSA) is 57.6 Å². The summed E-state index contributed by atoms with van der Waals surface area (Å²) in [6.07, 6.45) is 3.53. The van der Waals surface area contributed by atoms with Crippen molar-refractivity contribution in [2.24, 2.45) is 11.8 Å². The number of hydrogen-bond donors (Lipinski definition) is 1. The highest BCUT2D eigenvalue weighted by atomic mass is 16.4. The van der Waals surface area contributed by atoms with E-state index in [9.17, 15) is 9.59 Å². The lowest BCUT2D eigenvalue weighted by atomic mass is 9.88. The zero-order valence-corrected chi connectivity index (χ0v) is 10.8. The van der Waals surface area contributed by atoms with Crippen molar-refractivity contribution in [3.63, 3.8) is 0 Å². The molecule has 4 nitrogen and oxygen atoms in total. The molecule has 4 heteroatoms. The average Bonchev–Trinajstić information content (AvgIpc) is 2.63. The van der Waals surface area contributed by atoms with Crippen LogP contribution in [-0.4, -0.2) is 35.0 Å². The second-order valence-electron chi connectivity index (χ2n) is 5.21. The van der Waals surface area contributed by atoms with Gasteiger partial charge < -0.3 is 10.0 Å². The minimum Gasteiger partial charge on any atom is -0.481 e. The van der Waals surface area contributed by atoms with E-state index in [0.29, 0.717) is 18.3 Å². The van der Waals surface area contributed by atoms with Gasteiger partial charge in [-0.1, -0.05) is 13.8 Å². The minimum atomic E-state index is -0.729. The fourth-order valence-electron chi connectivity index (χ4n) is 2.38. The summed E-state index contributed by atoms with van der Waals surface area (Å²) in [4.78, 5) is 23.9. The Morgan fingerprint density at radius 1 is 1.41 bits per heavy atom. The monoisotopic (exact) mass is 241 g/mol. The normalized spacial score (nSPS) is 17.8. The van der Waals surface area contributed by atoms with Crippen LogP contribution in [0.25, 0.3) is 0 Å². The summed E-state index contributed by atoms with van der Waals surface area (Å²) in [7, 11) is 0. The number of rotatable bonds is 7. The number of carbonyl (C=O) groups excluding carboxylic acids is 1. The summed E-state index contributed by atoms with van der Waals surface area (Å²) < 4.78 is 0. The molecule has 98 valence electrons. The van der Waals surface area contributed by atoms with Gasteiger partial charge >= 0.3 is 5.97 Å².